The first-order chi connectivity index (χ1) is 19.6. The largest absolute Gasteiger partial charge is 0.494 e. The highest BCUT2D eigenvalue weighted by atomic mass is 19.1. The summed E-state index contributed by atoms with van der Waals surface area (Å²) in [5.41, 5.74) is 2.86. The van der Waals surface area contributed by atoms with E-state index in [1.54, 1.807) is 24.3 Å². The summed E-state index contributed by atoms with van der Waals surface area (Å²) in [6.07, 6.45) is 4.63. The zero-order valence-corrected chi connectivity index (χ0v) is 23.3. The van der Waals surface area contributed by atoms with Crippen LogP contribution in [0.15, 0.2) is 54.9 Å². The molecule has 10 heteroatoms. The van der Waals surface area contributed by atoms with Gasteiger partial charge in [-0.3, -0.25) is 9.74 Å². The number of piperidine rings is 1. The predicted molar refractivity (Wildman–Crippen MR) is 155 cm³/mol. The van der Waals surface area contributed by atoms with Gasteiger partial charge in [-0.1, -0.05) is 12.1 Å². The normalized spacial score (nSPS) is 21.1. The summed E-state index contributed by atoms with van der Waals surface area (Å²) >= 11 is 0. The second kappa shape index (κ2) is 12.0. The van der Waals surface area contributed by atoms with Gasteiger partial charge in [0.1, 0.15) is 23.7 Å². The summed E-state index contributed by atoms with van der Waals surface area (Å²) in [4.78, 5) is 22.3. The van der Waals surface area contributed by atoms with E-state index < -0.39 is 0 Å². The Morgan fingerprint density at radius 2 is 1.77 bits per heavy atom. The van der Waals surface area contributed by atoms with Crippen LogP contribution in [0.25, 0.3) is 0 Å². The maximum Gasteiger partial charge on any atom is 0.158 e. The van der Waals surface area contributed by atoms with Gasteiger partial charge in [-0.15, -0.1) is 0 Å². The molecule has 0 bridgehead atoms. The first-order valence-electron chi connectivity index (χ1n) is 14.2. The topological polar surface area (TPSA) is 69.2 Å². The Balaban J connectivity index is 1.12. The van der Waals surface area contributed by atoms with Crippen LogP contribution in [0.4, 0.5) is 27.4 Å². The molecule has 6 rings (SSSR count). The molecule has 3 saturated heterocycles. The minimum Gasteiger partial charge on any atom is -0.494 e. The number of likely N-dealkylation sites (N-methyl/N-ethyl adjacent to an activating group) is 1. The highest BCUT2D eigenvalue weighted by Gasteiger charge is 2.30. The number of benzene rings is 2. The first kappa shape index (κ1) is 26.7. The molecule has 0 aliphatic carbocycles. The van der Waals surface area contributed by atoms with Crippen LogP contribution in [-0.4, -0.2) is 85.8 Å². The molecule has 2 aromatic carbocycles. The Morgan fingerprint density at radius 1 is 0.950 bits per heavy atom. The third-order valence-electron chi connectivity index (χ3n) is 8.35. The van der Waals surface area contributed by atoms with Gasteiger partial charge in [-0.25, -0.2) is 19.4 Å². The van der Waals surface area contributed by atoms with E-state index >= 15 is 0 Å². The number of halogens is 1. The molecule has 3 fully saturated rings. The van der Waals surface area contributed by atoms with Crippen LogP contribution < -0.4 is 20.0 Å². The van der Waals surface area contributed by atoms with Gasteiger partial charge in [0.25, 0.3) is 0 Å². The fourth-order valence-electron chi connectivity index (χ4n) is 6.04. The zero-order chi connectivity index (χ0) is 27.5. The van der Waals surface area contributed by atoms with Crippen molar-refractivity contribution in [1.29, 1.82) is 0 Å². The molecule has 9 nitrogen and oxygen atoms in total. The van der Waals surface area contributed by atoms with Gasteiger partial charge in [0.05, 0.1) is 25.4 Å². The highest BCUT2D eigenvalue weighted by molar-refractivity contribution is 5.70. The van der Waals surface area contributed by atoms with Gasteiger partial charge in [-0.2, -0.15) is 0 Å². The molecule has 3 aliphatic heterocycles. The summed E-state index contributed by atoms with van der Waals surface area (Å²) in [5, 5.41) is 5.13. The number of methoxy groups -OCH3 is 1. The van der Waals surface area contributed by atoms with Crippen molar-refractivity contribution in [2.75, 3.05) is 75.3 Å². The van der Waals surface area contributed by atoms with E-state index in [-0.39, 0.29) is 11.9 Å². The predicted octanol–water partition coefficient (Wildman–Crippen LogP) is 4.47. The van der Waals surface area contributed by atoms with E-state index in [1.165, 1.54) is 57.1 Å². The van der Waals surface area contributed by atoms with E-state index in [9.17, 15) is 4.39 Å². The monoisotopic (exact) mass is 547 g/mol. The Labute approximate surface area is 235 Å². The molecule has 3 aromatic rings. The fourth-order valence-corrected chi connectivity index (χ4v) is 6.04. The Bertz CT molecular complexity index is 1290. The standard InChI is InChI=1S/C30H38FN7O2/c1-35-13-15-37(16-14-35)24-8-11-36(12-9-24)25-6-7-26(28(19-25)39-2)34-29-20-30(33-21-32-29)38-27(10-17-40-38)22-4-3-5-23(31)18-22/h3-7,18-21,24,27H,8-17H2,1-2H3,(H,32,33,34)/t27-/m1/s1. The van der Waals surface area contributed by atoms with Gasteiger partial charge in [0.15, 0.2) is 5.82 Å². The van der Waals surface area contributed by atoms with Gasteiger partial charge in [-0.05, 0) is 49.7 Å². The minimum absolute atomic E-state index is 0.118. The second-order valence-corrected chi connectivity index (χ2v) is 10.8. The van der Waals surface area contributed by atoms with Gasteiger partial charge in [0.2, 0.25) is 0 Å². The maximum atomic E-state index is 13.9. The molecule has 1 atom stereocenters. The van der Waals surface area contributed by atoms with Crippen LogP contribution in [0.2, 0.25) is 0 Å². The van der Waals surface area contributed by atoms with E-state index in [0.29, 0.717) is 24.3 Å². The van der Waals surface area contributed by atoms with Gasteiger partial charge < -0.3 is 19.9 Å². The zero-order valence-electron chi connectivity index (χ0n) is 23.3. The first-order valence-corrected chi connectivity index (χ1v) is 14.2. The summed E-state index contributed by atoms with van der Waals surface area (Å²) < 4.78 is 19.6. The van der Waals surface area contributed by atoms with Crippen LogP contribution in [0.3, 0.4) is 0 Å². The van der Waals surface area contributed by atoms with E-state index in [4.69, 9.17) is 9.57 Å². The van der Waals surface area contributed by atoms with Crippen molar-refractivity contribution in [2.45, 2.75) is 31.3 Å². The van der Waals surface area contributed by atoms with Crippen LogP contribution in [-0.2, 0) is 4.84 Å². The van der Waals surface area contributed by atoms with Gasteiger partial charge in [0, 0.05) is 69.6 Å². The average Bonchev–Trinajstić information content (AvgIpc) is 3.48. The summed E-state index contributed by atoms with van der Waals surface area (Å²) in [6, 6.07) is 15.3. The third kappa shape index (κ3) is 5.84. The van der Waals surface area contributed by atoms with Gasteiger partial charge >= 0.3 is 0 Å². The van der Waals surface area contributed by atoms with Crippen molar-refractivity contribution in [1.82, 2.24) is 19.8 Å². The molecule has 0 radical (unpaired) electrons. The third-order valence-corrected chi connectivity index (χ3v) is 8.35. The van der Waals surface area contributed by atoms with Crippen molar-refractivity contribution in [3.8, 4) is 5.75 Å². The maximum absolute atomic E-state index is 13.9. The molecule has 40 heavy (non-hydrogen) atoms. The molecule has 4 heterocycles. The van der Waals surface area contributed by atoms with E-state index in [1.807, 2.05) is 18.2 Å². The lowest BCUT2D eigenvalue weighted by molar-refractivity contribution is 0.0982. The fraction of sp³-hybridized carbons (Fsp3) is 0.467. The number of hydrogen-bond acceptors (Lipinski definition) is 9. The Kier molecular flexibility index (Phi) is 7.99. The summed E-state index contributed by atoms with van der Waals surface area (Å²) in [5.74, 6) is 1.74. The number of anilines is 4. The number of nitrogens with one attached hydrogen (secondary N) is 1. The van der Waals surface area contributed by atoms with Crippen LogP contribution in [0, 0.1) is 5.82 Å². The molecule has 0 spiro atoms. The lowest BCUT2D eigenvalue weighted by atomic mass is 10.0. The van der Waals surface area contributed by atoms with E-state index in [0.717, 1.165) is 36.5 Å². The van der Waals surface area contributed by atoms with Crippen molar-refractivity contribution in [3.05, 3.63) is 66.2 Å². The number of ether oxygens (including phenoxy) is 1. The van der Waals surface area contributed by atoms with E-state index in [2.05, 4.69) is 49.2 Å². The Hall–Kier alpha value is -3.47. The average molecular weight is 548 g/mol. The molecule has 0 unspecified atom stereocenters. The molecular formula is C30H38FN7O2. The second-order valence-electron chi connectivity index (χ2n) is 10.8. The van der Waals surface area contributed by atoms with Crippen molar-refractivity contribution >= 4 is 23.0 Å². The number of hydrogen-bond donors (Lipinski definition) is 1. The van der Waals surface area contributed by atoms with Crippen LogP contribution in [0.1, 0.15) is 30.9 Å². The molecule has 1 N–H and O–H groups in total. The van der Waals surface area contributed by atoms with Crippen molar-refractivity contribution < 1.29 is 14.0 Å². The SMILES string of the molecule is COc1cc(N2CCC(N3CCN(C)CC3)CC2)ccc1Nc1cc(N2OCC[C@@H]2c2cccc(F)c2)ncn1. The lowest BCUT2D eigenvalue weighted by Gasteiger charge is -2.42. The minimum atomic E-state index is -0.260. The molecular weight excluding hydrogens is 509 g/mol. The number of aromatic nitrogens is 2. The molecule has 0 saturated carbocycles. The number of piperazine rings is 1. The van der Waals surface area contributed by atoms with Crippen LogP contribution in [0.5, 0.6) is 5.75 Å². The number of nitrogens with zero attached hydrogens (tertiary/aromatic N) is 6. The summed E-state index contributed by atoms with van der Waals surface area (Å²) in [7, 11) is 3.90. The molecule has 0 amide bonds. The number of rotatable bonds is 7. The van der Waals surface area contributed by atoms with Crippen molar-refractivity contribution in [2.24, 2.45) is 0 Å². The van der Waals surface area contributed by atoms with Crippen LogP contribution >= 0.6 is 0 Å². The molecule has 3 aliphatic rings. The highest BCUT2D eigenvalue weighted by Crippen LogP contribution is 2.36. The summed E-state index contributed by atoms with van der Waals surface area (Å²) in [6.45, 7) is 7.31. The molecule has 1 aromatic heterocycles. The Morgan fingerprint density at radius 3 is 2.55 bits per heavy atom. The lowest BCUT2D eigenvalue weighted by Crippen LogP contribution is -2.52. The molecule has 212 valence electrons. The smallest absolute Gasteiger partial charge is 0.158 e. The quantitative estimate of drug-likeness (QED) is 0.462. The number of hydroxylamine groups is 1. The van der Waals surface area contributed by atoms with Crippen molar-refractivity contribution in [3.63, 3.8) is 0 Å².